The summed E-state index contributed by atoms with van der Waals surface area (Å²) in [6, 6.07) is 15.2. The number of hydrogen-bond donors (Lipinski definition) is 1. The van der Waals surface area contributed by atoms with Gasteiger partial charge in [0.25, 0.3) is 0 Å². The van der Waals surface area contributed by atoms with Gasteiger partial charge in [-0.1, -0.05) is 42.5 Å². The number of halogens is 1. The summed E-state index contributed by atoms with van der Waals surface area (Å²) in [4.78, 5) is 1.94. The van der Waals surface area contributed by atoms with Crippen LogP contribution in [0.25, 0.3) is 0 Å². The van der Waals surface area contributed by atoms with E-state index in [-0.39, 0.29) is 5.82 Å². The minimum absolute atomic E-state index is 0.210. The van der Waals surface area contributed by atoms with E-state index in [2.05, 4.69) is 12.1 Å². The molecule has 0 radical (unpaired) electrons. The van der Waals surface area contributed by atoms with Crippen molar-refractivity contribution in [3.8, 4) is 0 Å². The highest BCUT2D eigenvalue weighted by molar-refractivity contribution is 5.54. The van der Waals surface area contributed by atoms with Gasteiger partial charge in [0.15, 0.2) is 0 Å². The van der Waals surface area contributed by atoms with Gasteiger partial charge in [-0.15, -0.1) is 0 Å². The highest BCUT2D eigenvalue weighted by Gasteiger charge is 2.11. The first-order valence-electron chi connectivity index (χ1n) is 6.45. The Morgan fingerprint density at radius 2 is 1.79 bits per heavy atom. The van der Waals surface area contributed by atoms with Crippen molar-refractivity contribution in [2.45, 2.75) is 13.0 Å². The fraction of sp³-hybridized carbons (Fsp3) is 0.250. The van der Waals surface area contributed by atoms with Gasteiger partial charge in [-0.2, -0.15) is 0 Å². The molecule has 0 aliphatic rings. The second kappa shape index (κ2) is 6.34. The molecule has 2 N–H and O–H groups in total. The molecule has 3 heteroatoms. The molecular formula is C16H19FN2. The molecule has 0 atom stereocenters. The molecule has 0 amide bonds. The first-order valence-corrected chi connectivity index (χ1v) is 6.45. The SMILES string of the molecule is CN(CCc1ccccc1)c1c(F)cccc1CN. The van der Waals surface area contributed by atoms with Crippen molar-refractivity contribution in [1.29, 1.82) is 0 Å². The average molecular weight is 258 g/mol. The summed E-state index contributed by atoms with van der Waals surface area (Å²) in [7, 11) is 1.90. The molecule has 0 aliphatic heterocycles. The number of hydrogen-bond acceptors (Lipinski definition) is 2. The average Bonchev–Trinajstić information content (AvgIpc) is 2.45. The minimum atomic E-state index is -0.210. The number of nitrogens with two attached hydrogens (primary N) is 1. The van der Waals surface area contributed by atoms with Gasteiger partial charge in [-0.25, -0.2) is 4.39 Å². The van der Waals surface area contributed by atoms with Crippen LogP contribution in [0.3, 0.4) is 0 Å². The molecule has 0 saturated heterocycles. The highest BCUT2D eigenvalue weighted by atomic mass is 19.1. The monoisotopic (exact) mass is 258 g/mol. The van der Waals surface area contributed by atoms with Crippen LogP contribution in [0.15, 0.2) is 48.5 Å². The molecule has 2 nitrogen and oxygen atoms in total. The van der Waals surface area contributed by atoms with Gasteiger partial charge < -0.3 is 10.6 Å². The maximum absolute atomic E-state index is 13.9. The van der Waals surface area contributed by atoms with E-state index in [1.54, 1.807) is 6.07 Å². The summed E-state index contributed by atoms with van der Waals surface area (Å²) < 4.78 is 13.9. The Kier molecular flexibility index (Phi) is 4.53. The van der Waals surface area contributed by atoms with Crippen molar-refractivity contribution < 1.29 is 4.39 Å². The van der Waals surface area contributed by atoms with E-state index in [1.165, 1.54) is 11.6 Å². The van der Waals surface area contributed by atoms with Gasteiger partial charge in [0.05, 0.1) is 5.69 Å². The van der Waals surface area contributed by atoms with Crippen LogP contribution in [0, 0.1) is 5.82 Å². The van der Waals surface area contributed by atoms with Gasteiger partial charge in [0.2, 0.25) is 0 Å². The maximum Gasteiger partial charge on any atom is 0.146 e. The van der Waals surface area contributed by atoms with Gasteiger partial charge in [0.1, 0.15) is 5.82 Å². The van der Waals surface area contributed by atoms with Crippen LogP contribution in [-0.2, 0) is 13.0 Å². The number of nitrogens with zero attached hydrogens (tertiary/aromatic N) is 1. The summed E-state index contributed by atoms with van der Waals surface area (Å²) in [5.41, 5.74) is 8.38. The van der Waals surface area contributed by atoms with E-state index in [4.69, 9.17) is 5.73 Å². The second-order valence-corrected chi connectivity index (χ2v) is 4.61. The molecule has 2 rings (SSSR count). The number of likely N-dealkylation sites (N-methyl/N-ethyl adjacent to an activating group) is 1. The van der Waals surface area contributed by atoms with Crippen LogP contribution in [0.5, 0.6) is 0 Å². The number of benzene rings is 2. The Bertz CT molecular complexity index is 526. The number of para-hydroxylation sites is 1. The van der Waals surface area contributed by atoms with Crippen molar-refractivity contribution in [3.63, 3.8) is 0 Å². The smallest absolute Gasteiger partial charge is 0.146 e. The first kappa shape index (κ1) is 13.6. The van der Waals surface area contributed by atoms with E-state index in [0.717, 1.165) is 18.5 Å². The zero-order valence-electron chi connectivity index (χ0n) is 11.1. The molecule has 2 aromatic rings. The molecule has 2 aromatic carbocycles. The zero-order valence-corrected chi connectivity index (χ0v) is 11.1. The second-order valence-electron chi connectivity index (χ2n) is 4.61. The summed E-state index contributed by atoms with van der Waals surface area (Å²) in [5.74, 6) is -0.210. The Balaban J connectivity index is 2.10. The van der Waals surface area contributed by atoms with Crippen LogP contribution >= 0.6 is 0 Å². The predicted octanol–water partition coefficient (Wildman–Crippen LogP) is 2.96. The van der Waals surface area contributed by atoms with Crippen molar-refractivity contribution in [3.05, 3.63) is 65.5 Å². The molecule has 19 heavy (non-hydrogen) atoms. The van der Waals surface area contributed by atoms with E-state index in [9.17, 15) is 4.39 Å². The van der Waals surface area contributed by atoms with Crippen LogP contribution in [0.1, 0.15) is 11.1 Å². The van der Waals surface area contributed by atoms with E-state index < -0.39 is 0 Å². The molecular weight excluding hydrogens is 239 g/mol. The molecule has 0 aromatic heterocycles. The standard InChI is InChI=1S/C16H19FN2/c1-19(11-10-13-6-3-2-4-7-13)16-14(12-18)8-5-9-15(16)17/h2-9H,10-12,18H2,1H3. The summed E-state index contributed by atoms with van der Waals surface area (Å²) in [6.45, 7) is 1.11. The molecule has 0 saturated carbocycles. The maximum atomic E-state index is 13.9. The third-order valence-corrected chi connectivity index (χ3v) is 3.25. The van der Waals surface area contributed by atoms with Gasteiger partial charge in [-0.3, -0.25) is 0 Å². The lowest BCUT2D eigenvalue weighted by molar-refractivity contribution is 0.619. The normalized spacial score (nSPS) is 10.5. The summed E-state index contributed by atoms with van der Waals surface area (Å²) >= 11 is 0. The van der Waals surface area contributed by atoms with E-state index >= 15 is 0 Å². The Hall–Kier alpha value is -1.87. The Morgan fingerprint density at radius 3 is 2.47 bits per heavy atom. The Morgan fingerprint density at radius 1 is 1.05 bits per heavy atom. The minimum Gasteiger partial charge on any atom is -0.372 e. The van der Waals surface area contributed by atoms with Crippen LogP contribution in [-0.4, -0.2) is 13.6 Å². The fourth-order valence-electron chi connectivity index (χ4n) is 2.21. The van der Waals surface area contributed by atoms with E-state index in [1.807, 2.05) is 36.2 Å². The van der Waals surface area contributed by atoms with Gasteiger partial charge in [-0.05, 0) is 23.6 Å². The lowest BCUT2D eigenvalue weighted by Gasteiger charge is -2.22. The molecule has 0 unspecified atom stereocenters. The number of rotatable bonds is 5. The van der Waals surface area contributed by atoms with Crippen molar-refractivity contribution >= 4 is 5.69 Å². The number of anilines is 1. The largest absolute Gasteiger partial charge is 0.372 e. The van der Waals surface area contributed by atoms with Crippen molar-refractivity contribution in [1.82, 2.24) is 0 Å². The molecule has 0 fully saturated rings. The van der Waals surface area contributed by atoms with Gasteiger partial charge >= 0.3 is 0 Å². The first-order chi connectivity index (χ1) is 9.22. The van der Waals surface area contributed by atoms with Crippen molar-refractivity contribution in [2.75, 3.05) is 18.5 Å². The summed E-state index contributed by atoms with van der Waals surface area (Å²) in [6.07, 6.45) is 0.885. The molecule has 0 spiro atoms. The fourth-order valence-corrected chi connectivity index (χ4v) is 2.21. The molecule has 0 heterocycles. The quantitative estimate of drug-likeness (QED) is 0.893. The Labute approximate surface area is 113 Å². The summed E-state index contributed by atoms with van der Waals surface area (Å²) in [5, 5.41) is 0. The third-order valence-electron chi connectivity index (χ3n) is 3.25. The van der Waals surface area contributed by atoms with Crippen LogP contribution < -0.4 is 10.6 Å². The van der Waals surface area contributed by atoms with E-state index in [0.29, 0.717) is 12.2 Å². The van der Waals surface area contributed by atoms with Gasteiger partial charge in [0, 0.05) is 20.1 Å². The predicted molar refractivity (Wildman–Crippen MR) is 77.7 cm³/mol. The molecule has 0 bridgehead atoms. The van der Waals surface area contributed by atoms with Crippen LogP contribution in [0.2, 0.25) is 0 Å². The third kappa shape index (κ3) is 3.32. The zero-order chi connectivity index (χ0) is 13.7. The molecule has 0 aliphatic carbocycles. The van der Waals surface area contributed by atoms with Crippen LogP contribution in [0.4, 0.5) is 10.1 Å². The topological polar surface area (TPSA) is 29.3 Å². The lowest BCUT2D eigenvalue weighted by atomic mass is 10.1. The molecule has 100 valence electrons. The lowest BCUT2D eigenvalue weighted by Crippen LogP contribution is -2.23. The van der Waals surface area contributed by atoms with Crippen molar-refractivity contribution in [2.24, 2.45) is 5.73 Å². The highest BCUT2D eigenvalue weighted by Crippen LogP contribution is 2.23.